The lowest BCUT2D eigenvalue weighted by atomic mass is 9.46. The number of rotatable bonds is 4. The molecule has 0 saturated carbocycles. The third-order valence-electron chi connectivity index (χ3n) is 8.00. The largest absolute Gasteiger partial charge is 0.380 e. The second-order valence-corrected chi connectivity index (χ2v) is 9.19. The number of nitro benzene ring substituents is 1. The molecule has 0 N–H and O–H groups in total. The highest BCUT2D eigenvalue weighted by atomic mass is 16.6. The number of carbonyl (C=O) groups excluding carboxylic acids is 2. The van der Waals surface area contributed by atoms with E-state index in [0.717, 1.165) is 22.3 Å². The van der Waals surface area contributed by atoms with Gasteiger partial charge >= 0.3 is 0 Å². The van der Waals surface area contributed by atoms with Gasteiger partial charge in [0.1, 0.15) is 0 Å². The fourth-order valence-corrected chi connectivity index (χ4v) is 6.69. The van der Waals surface area contributed by atoms with Crippen LogP contribution in [0.3, 0.4) is 0 Å². The summed E-state index contributed by atoms with van der Waals surface area (Å²) in [4.78, 5) is 39.9. The summed E-state index contributed by atoms with van der Waals surface area (Å²) in [7, 11) is 1.63. The number of anilines is 1. The van der Waals surface area contributed by atoms with Crippen molar-refractivity contribution < 1.29 is 19.2 Å². The molecule has 0 radical (unpaired) electrons. The average Bonchev–Trinajstić information content (AvgIpc) is 3.14. The van der Waals surface area contributed by atoms with E-state index in [-0.39, 0.29) is 29.5 Å². The van der Waals surface area contributed by atoms with Crippen molar-refractivity contribution in [1.29, 1.82) is 0 Å². The van der Waals surface area contributed by atoms with Gasteiger partial charge in [-0.25, -0.2) is 4.90 Å². The van der Waals surface area contributed by atoms with Crippen molar-refractivity contribution in [1.82, 2.24) is 0 Å². The van der Waals surface area contributed by atoms with E-state index in [1.165, 1.54) is 29.2 Å². The standard InChI is InChI=1S/C27H22N2O5/c1-15(34-2)27-20-9-5-3-7-18(20)22(19-8-4-6-10-21(19)27)23-24(27)26(31)28(25(23)30)16-11-13-17(14-12-16)29(32)33/h3-15,22-24H,1-2H3/t15-,22?,23-,24+,27?/m1/s1. The fraction of sp³-hybridized carbons (Fsp3) is 0.259. The molecule has 1 saturated heterocycles. The number of imide groups is 1. The Morgan fingerprint density at radius 3 is 2.00 bits per heavy atom. The zero-order valence-electron chi connectivity index (χ0n) is 18.7. The molecule has 2 bridgehead atoms. The topological polar surface area (TPSA) is 89.8 Å². The van der Waals surface area contributed by atoms with Gasteiger partial charge in [-0.2, -0.15) is 0 Å². The van der Waals surface area contributed by atoms with Gasteiger partial charge in [0.25, 0.3) is 5.69 Å². The molecule has 3 aliphatic carbocycles. The Morgan fingerprint density at radius 2 is 1.47 bits per heavy atom. The van der Waals surface area contributed by atoms with Gasteiger partial charge < -0.3 is 4.74 Å². The van der Waals surface area contributed by atoms with Crippen LogP contribution >= 0.6 is 0 Å². The zero-order chi connectivity index (χ0) is 23.8. The Hall–Kier alpha value is -3.84. The molecule has 7 heteroatoms. The van der Waals surface area contributed by atoms with Gasteiger partial charge in [0.2, 0.25) is 11.8 Å². The van der Waals surface area contributed by atoms with E-state index in [1.807, 2.05) is 31.2 Å². The molecule has 4 aliphatic rings. The fourth-order valence-electron chi connectivity index (χ4n) is 6.69. The number of amides is 2. The molecular weight excluding hydrogens is 432 g/mol. The van der Waals surface area contributed by atoms with E-state index in [1.54, 1.807) is 7.11 Å². The summed E-state index contributed by atoms with van der Waals surface area (Å²) >= 11 is 0. The van der Waals surface area contributed by atoms with Gasteiger partial charge in [0.15, 0.2) is 0 Å². The van der Waals surface area contributed by atoms with E-state index in [0.29, 0.717) is 5.69 Å². The maximum Gasteiger partial charge on any atom is 0.269 e. The first kappa shape index (κ1) is 20.7. The molecule has 170 valence electrons. The minimum atomic E-state index is -0.830. The molecular formula is C27H22N2O5. The van der Waals surface area contributed by atoms with Crippen LogP contribution in [-0.2, 0) is 19.7 Å². The molecule has 3 atom stereocenters. The molecule has 1 fully saturated rings. The third kappa shape index (κ3) is 2.34. The van der Waals surface area contributed by atoms with Crippen molar-refractivity contribution in [3.8, 4) is 0 Å². The highest BCUT2D eigenvalue weighted by Gasteiger charge is 2.69. The number of benzene rings is 3. The van der Waals surface area contributed by atoms with Crippen LogP contribution in [-0.4, -0.2) is 30.0 Å². The third-order valence-corrected chi connectivity index (χ3v) is 8.00. The van der Waals surface area contributed by atoms with E-state index < -0.39 is 22.2 Å². The molecule has 1 heterocycles. The SMILES string of the molecule is CO[C@H](C)C12c3ccccc3C(c3ccccc31)[C@H]1C(=O)N(c3ccc([N+](=O)[O-])cc3)C(=O)[C@H]12. The average molecular weight is 454 g/mol. The lowest BCUT2D eigenvalue weighted by molar-refractivity contribution is -0.384. The Labute approximate surface area is 196 Å². The normalized spacial score (nSPS) is 27.2. The number of nitro groups is 1. The summed E-state index contributed by atoms with van der Waals surface area (Å²) in [6.45, 7) is 1.96. The first-order valence-electron chi connectivity index (χ1n) is 11.3. The van der Waals surface area contributed by atoms with Gasteiger partial charge in [-0.05, 0) is 41.3 Å². The van der Waals surface area contributed by atoms with Crippen LogP contribution in [0.4, 0.5) is 11.4 Å². The molecule has 2 amide bonds. The predicted molar refractivity (Wildman–Crippen MR) is 125 cm³/mol. The second-order valence-electron chi connectivity index (χ2n) is 9.19. The number of hydrogen-bond donors (Lipinski definition) is 0. The Balaban J connectivity index is 1.61. The monoisotopic (exact) mass is 454 g/mol. The summed E-state index contributed by atoms with van der Waals surface area (Å²) in [6.07, 6.45) is -0.378. The summed E-state index contributed by atoms with van der Waals surface area (Å²) in [5.74, 6) is -2.03. The lowest BCUT2D eigenvalue weighted by Crippen LogP contribution is -2.59. The first-order chi connectivity index (χ1) is 16.4. The molecule has 1 aliphatic heterocycles. The molecule has 3 aromatic rings. The van der Waals surface area contributed by atoms with Crippen molar-refractivity contribution >= 4 is 23.2 Å². The molecule has 0 aromatic heterocycles. The maximum absolute atomic E-state index is 14.1. The molecule has 7 nitrogen and oxygen atoms in total. The molecule has 0 unspecified atom stereocenters. The Morgan fingerprint density at radius 1 is 0.912 bits per heavy atom. The number of non-ortho nitro benzene ring substituents is 1. The van der Waals surface area contributed by atoms with E-state index in [9.17, 15) is 19.7 Å². The second kappa shape index (κ2) is 7.08. The first-order valence-corrected chi connectivity index (χ1v) is 11.3. The Kier molecular flexibility index (Phi) is 4.32. The summed E-state index contributed by atoms with van der Waals surface area (Å²) in [6, 6.07) is 21.7. The van der Waals surface area contributed by atoms with Crippen molar-refractivity contribution in [3.05, 3.63) is 105 Å². The van der Waals surface area contributed by atoms with Crippen LogP contribution in [0.25, 0.3) is 0 Å². The highest BCUT2D eigenvalue weighted by molar-refractivity contribution is 6.23. The van der Waals surface area contributed by atoms with E-state index >= 15 is 0 Å². The number of ether oxygens (including phenoxy) is 1. The quantitative estimate of drug-likeness (QED) is 0.335. The molecule has 34 heavy (non-hydrogen) atoms. The van der Waals surface area contributed by atoms with Gasteiger partial charge in [0.05, 0.1) is 34.0 Å². The van der Waals surface area contributed by atoms with Crippen molar-refractivity contribution in [2.24, 2.45) is 11.8 Å². The van der Waals surface area contributed by atoms with Gasteiger partial charge in [0, 0.05) is 25.2 Å². The minimum absolute atomic E-state index is 0.0929. The highest BCUT2D eigenvalue weighted by Crippen LogP contribution is 2.65. The van der Waals surface area contributed by atoms with Crippen molar-refractivity contribution in [3.63, 3.8) is 0 Å². The van der Waals surface area contributed by atoms with Crippen LogP contribution in [0.5, 0.6) is 0 Å². The summed E-state index contributed by atoms with van der Waals surface area (Å²) in [5, 5.41) is 11.1. The maximum atomic E-state index is 14.1. The molecule has 0 spiro atoms. The van der Waals surface area contributed by atoms with Gasteiger partial charge in [-0.1, -0.05) is 48.5 Å². The predicted octanol–water partition coefficient (Wildman–Crippen LogP) is 4.18. The van der Waals surface area contributed by atoms with Crippen LogP contribution in [0.2, 0.25) is 0 Å². The van der Waals surface area contributed by atoms with E-state index in [2.05, 4.69) is 24.3 Å². The smallest absolute Gasteiger partial charge is 0.269 e. The van der Waals surface area contributed by atoms with E-state index in [4.69, 9.17) is 4.74 Å². The summed E-state index contributed by atoms with van der Waals surface area (Å²) < 4.78 is 5.94. The molecule has 3 aromatic carbocycles. The van der Waals surface area contributed by atoms with Crippen LogP contribution in [0, 0.1) is 22.0 Å². The van der Waals surface area contributed by atoms with Gasteiger partial charge in [-0.15, -0.1) is 0 Å². The number of hydrogen-bond acceptors (Lipinski definition) is 5. The van der Waals surface area contributed by atoms with Crippen molar-refractivity contribution in [2.75, 3.05) is 12.0 Å². The van der Waals surface area contributed by atoms with Crippen molar-refractivity contribution in [2.45, 2.75) is 24.4 Å². The van der Waals surface area contributed by atoms with Gasteiger partial charge in [-0.3, -0.25) is 19.7 Å². The van der Waals surface area contributed by atoms with Crippen LogP contribution < -0.4 is 4.90 Å². The lowest BCUT2D eigenvalue weighted by Gasteiger charge is -2.56. The summed E-state index contributed by atoms with van der Waals surface area (Å²) in [5.41, 5.74) is 3.59. The number of methoxy groups -OCH3 is 1. The Bertz CT molecular complexity index is 1320. The number of carbonyl (C=O) groups is 2. The van der Waals surface area contributed by atoms with Crippen LogP contribution in [0.15, 0.2) is 72.8 Å². The minimum Gasteiger partial charge on any atom is -0.380 e. The zero-order valence-corrected chi connectivity index (χ0v) is 18.7. The van der Waals surface area contributed by atoms with Crippen LogP contribution in [0.1, 0.15) is 35.1 Å². The molecule has 7 rings (SSSR count). The number of nitrogens with zero attached hydrogens (tertiary/aromatic N) is 2.